The summed E-state index contributed by atoms with van der Waals surface area (Å²) in [6, 6.07) is 14.3. The zero-order chi connectivity index (χ0) is 14.3. The van der Waals surface area contributed by atoms with Crippen molar-refractivity contribution in [1.82, 2.24) is 0 Å². The maximum atomic E-state index is 9.13. The number of rotatable bonds is 2. The molecule has 0 heterocycles. The molecule has 0 aromatic heterocycles. The number of carbonyl (C=O) groups is 1. The van der Waals surface area contributed by atoms with Gasteiger partial charge in [-0.2, -0.15) is 0 Å². The van der Waals surface area contributed by atoms with Crippen LogP contribution in [0.5, 0.6) is 11.5 Å². The number of phenolic OH excluding ortho intramolecular Hbond substituents is 2. The molecule has 19 heavy (non-hydrogen) atoms. The Morgan fingerprint density at radius 2 is 1.00 bits per heavy atom. The third-order valence-corrected chi connectivity index (χ3v) is 2.28. The van der Waals surface area contributed by atoms with Crippen molar-refractivity contribution in [3.63, 3.8) is 0 Å². The maximum Gasteiger partial charge on any atom is 0.503 e. The maximum absolute atomic E-state index is 9.13. The Labute approximate surface area is 110 Å². The lowest BCUT2D eigenvalue weighted by Crippen LogP contribution is -1.86. The summed E-state index contributed by atoms with van der Waals surface area (Å²) < 4.78 is 0. The van der Waals surface area contributed by atoms with Gasteiger partial charge in [-0.05, 0) is 41.8 Å². The van der Waals surface area contributed by atoms with Gasteiger partial charge in [0.25, 0.3) is 0 Å². The normalized spacial score (nSPS) is 9.26. The average molecular weight is 262 g/mol. The van der Waals surface area contributed by atoms with E-state index < -0.39 is 6.16 Å². The van der Waals surface area contributed by atoms with Crippen molar-refractivity contribution < 1.29 is 25.2 Å². The Balaban J connectivity index is 0.000000399. The van der Waals surface area contributed by atoms with Crippen LogP contribution < -0.4 is 0 Å². The highest BCUT2D eigenvalue weighted by atomic mass is 16.6. The summed E-state index contributed by atoms with van der Waals surface area (Å²) in [7, 11) is 0. The van der Waals surface area contributed by atoms with Gasteiger partial charge in [0, 0.05) is 0 Å². The van der Waals surface area contributed by atoms with E-state index in [1.54, 1.807) is 24.3 Å². The van der Waals surface area contributed by atoms with E-state index in [1.807, 2.05) is 24.3 Å². The molecule has 5 heteroatoms. The van der Waals surface area contributed by atoms with Gasteiger partial charge in [0.05, 0.1) is 0 Å². The summed E-state index contributed by atoms with van der Waals surface area (Å²) in [5, 5.41) is 32.2. The molecule has 0 saturated carbocycles. The average Bonchev–Trinajstić information content (AvgIpc) is 2.34. The standard InChI is InChI=1S/C13H12O2.CH2O3/c14-12-5-1-10(2-6-12)9-11-3-7-13(15)8-4-11;2-1(3)4/h1-8,14-15H,9H2;(H2,2,3,4). The molecular formula is C14H14O5. The molecule has 5 nitrogen and oxygen atoms in total. The predicted octanol–water partition coefficient (Wildman–Crippen LogP) is 2.91. The lowest BCUT2D eigenvalue weighted by Gasteiger charge is -2.02. The molecule has 0 aliphatic heterocycles. The highest BCUT2D eigenvalue weighted by Crippen LogP contribution is 2.15. The highest BCUT2D eigenvalue weighted by molar-refractivity contribution is 5.53. The summed E-state index contributed by atoms with van der Waals surface area (Å²) in [6.45, 7) is 0. The zero-order valence-corrected chi connectivity index (χ0v) is 10.0. The molecule has 2 rings (SSSR count). The van der Waals surface area contributed by atoms with Crippen molar-refractivity contribution in [3.8, 4) is 11.5 Å². The van der Waals surface area contributed by atoms with Gasteiger partial charge in [0.1, 0.15) is 11.5 Å². The third kappa shape index (κ3) is 5.97. The molecule has 2 aromatic rings. The quantitative estimate of drug-likeness (QED) is 0.667. The van der Waals surface area contributed by atoms with Crippen LogP contribution >= 0.6 is 0 Å². The topological polar surface area (TPSA) is 98.0 Å². The Morgan fingerprint density at radius 1 is 0.737 bits per heavy atom. The Kier molecular flexibility index (Phi) is 5.22. The van der Waals surface area contributed by atoms with Crippen molar-refractivity contribution in [3.05, 3.63) is 59.7 Å². The lowest BCUT2D eigenvalue weighted by atomic mass is 10.1. The van der Waals surface area contributed by atoms with E-state index in [4.69, 9.17) is 25.2 Å². The first-order valence-corrected chi connectivity index (χ1v) is 5.45. The molecule has 0 bridgehead atoms. The van der Waals surface area contributed by atoms with Gasteiger partial charge >= 0.3 is 6.16 Å². The van der Waals surface area contributed by atoms with Crippen molar-refractivity contribution in [2.45, 2.75) is 6.42 Å². The predicted molar refractivity (Wildman–Crippen MR) is 69.7 cm³/mol. The number of carboxylic acid groups (broad SMARTS) is 2. The highest BCUT2D eigenvalue weighted by Gasteiger charge is 1.96. The molecule has 0 atom stereocenters. The molecule has 2 aromatic carbocycles. The van der Waals surface area contributed by atoms with Crippen LogP contribution in [0.3, 0.4) is 0 Å². The third-order valence-electron chi connectivity index (χ3n) is 2.28. The summed E-state index contributed by atoms with van der Waals surface area (Å²) in [5.41, 5.74) is 2.27. The second-order valence-corrected chi connectivity index (χ2v) is 3.79. The second-order valence-electron chi connectivity index (χ2n) is 3.79. The van der Waals surface area contributed by atoms with E-state index in [0.29, 0.717) is 0 Å². The van der Waals surface area contributed by atoms with E-state index in [0.717, 1.165) is 17.5 Å². The Morgan fingerprint density at radius 3 is 1.26 bits per heavy atom. The first-order chi connectivity index (χ1) is 8.97. The van der Waals surface area contributed by atoms with Crippen LogP contribution in [-0.4, -0.2) is 26.6 Å². The molecule has 0 amide bonds. The first kappa shape index (κ1) is 14.4. The van der Waals surface area contributed by atoms with E-state index in [2.05, 4.69) is 0 Å². The molecule has 0 radical (unpaired) electrons. The van der Waals surface area contributed by atoms with Crippen LogP contribution in [0.15, 0.2) is 48.5 Å². The minimum atomic E-state index is -1.83. The van der Waals surface area contributed by atoms with Crippen LogP contribution in [0.1, 0.15) is 11.1 Å². The van der Waals surface area contributed by atoms with Crippen LogP contribution in [0.25, 0.3) is 0 Å². The molecule has 0 aliphatic rings. The number of hydrogen-bond donors (Lipinski definition) is 4. The van der Waals surface area contributed by atoms with E-state index in [-0.39, 0.29) is 11.5 Å². The fraction of sp³-hybridized carbons (Fsp3) is 0.0714. The molecular weight excluding hydrogens is 248 g/mol. The summed E-state index contributed by atoms with van der Waals surface area (Å²) >= 11 is 0. The van der Waals surface area contributed by atoms with Gasteiger partial charge in [-0.15, -0.1) is 0 Å². The van der Waals surface area contributed by atoms with Gasteiger partial charge in [0.15, 0.2) is 0 Å². The van der Waals surface area contributed by atoms with E-state index >= 15 is 0 Å². The molecule has 0 saturated heterocycles. The molecule has 0 unspecified atom stereocenters. The van der Waals surface area contributed by atoms with Gasteiger partial charge in [0.2, 0.25) is 0 Å². The second kappa shape index (κ2) is 6.90. The van der Waals surface area contributed by atoms with Crippen molar-refractivity contribution >= 4 is 6.16 Å². The Hall–Kier alpha value is -2.69. The largest absolute Gasteiger partial charge is 0.508 e. The van der Waals surface area contributed by atoms with Gasteiger partial charge in [-0.3, -0.25) is 0 Å². The SMILES string of the molecule is O=C(O)O.Oc1ccc(Cc2ccc(O)cc2)cc1. The lowest BCUT2D eigenvalue weighted by molar-refractivity contribution is 0.137. The van der Waals surface area contributed by atoms with E-state index in [1.165, 1.54) is 0 Å². The molecule has 0 aliphatic carbocycles. The summed E-state index contributed by atoms with van der Waals surface area (Å²) in [5.74, 6) is 0.564. The van der Waals surface area contributed by atoms with Gasteiger partial charge in [-0.1, -0.05) is 24.3 Å². The summed E-state index contributed by atoms with van der Waals surface area (Å²) in [6.07, 6.45) is -1.03. The van der Waals surface area contributed by atoms with Gasteiger partial charge < -0.3 is 20.4 Å². The molecule has 0 fully saturated rings. The van der Waals surface area contributed by atoms with E-state index in [9.17, 15) is 0 Å². The van der Waals surface area contributed by atoms with Crippen LogP contribution in [0.4, 0.5) is 4.79 Å². The Bertz CT molecular complexity index is 469. The minimum absolute atomic E-state index is 0.282. The van der Waals surface area contributed by atoms with Crippen LogP contribution in [0.2, 0.25) is 0 Å². The number of phenols is 2. The first-order valence-electron chi connectivity index (χ1n) is 5.45. The number of benzene rings is 2. The monoisotopic (exact) mass is 262 g/mol. The van der Waals surface area contributed by atoms with Gasteiger partial charge in [-0.25, -0.2) is 4.79 Å². The minimum Gasteiger partial charge on any atom is -0.508 e. The fourth-order valence-corrected chi connectivity index (χ4v) is 1.46. The van der Waals surface area contributed by atoms with Crippen molar-refractivity contribution in [2.24, 2.45) is 0 Å². The van der Waals surface area contributed by atoms with Crippen LogP contribution in [-0.2, 0) is 6.42 Å². The molecule has 4 N–H and O–H groups in total. The summed E-state index contributed by atoms with van der Waals surface area (Å²) in [4.78, 5) is 8.56. The smallest absolute Gasteiger partial charge is 0.503 e. The van der Waals surface area contributed by atoms with Crippen molar-refractivity contribution in [2.75, 3.05) is 0 Å². The van der Waals surface area contributed by atoms with Crippen molar-refractivity contribution in [1.29, 1.82) is 0 Å². The fourth-order valence-electron chi connectivity index (χ4n) is 1.46. The number of aromatic hydroxyl groups is 2. The molecule has 0 spiro atoms. The molecule has 100 valence electrons. The zero-order valence-electron chi connectivity index (χ0n) is 10.0. The van der Waals surface area contributed by atoms with Crippen LogP contribution in [0, 0.1) is 0 Å². The number of hydrogen-bond acceptors (Lipinski definition) is 3.